The third-order valence-electron chi connectivity index (χ3n) is 0.672. The zero-order valence-corrected chi connectivity index (χ0v) is 4.35. The van der Waals surface area contributed by atoms with Crippen molar-refractivity contribution in [2.75, 3.05) is 0 Å². The molecule has 7 heavy (non-hydrogen) atoms. The van der Waals surface area contributed by atoms with Gasteiger partial charge in [-0.15, -0.1) is 12.3 Å². The van der Waals surface area contributed by atoms with Gasteiger partial charge in [-0.2, -0.15) is 0 Å². The summed E-state index contributed by atoms with van der Waals surface area (Å²) in [5.74, 6) is 2.42. The zero-order chi connectivity index (χ0) is 5.70. The summed E-state index contributed by atoms with van der Waals surface area (Å²) in [5, 5.41) is 0. The fourth-order valence-electron chi connectivity index (χ4n) is 0.234. The topological polar surface area (TPSA) is 17.1 Å². The van der Waals surface area contributed by atoms with E-state index >= 15 is 0 Å². The van der Waals surface area contributed by atoms with E-state index in [1.54, 1.807) is 6.92 Å². The third-order valence-corrected chi connectivity index (χ3v) is 0.672. The highest BCUT2D eigenvalue weighted by atomic mass is 16.1. The smallest absolute Gasteiger partial charge is 0.123 e. The summed E-state index contributed by atoms with van der Waals surface area (Å²) in [6.45, 7) is 1.80. The Labute approximate surface area is 43.7 Å². The fourth-order valence-corrected chi connectivity index (χ4v) is 0.234. The minimum Gasteiger partial charge on any atom is -0.303 e. The zero-order valence-electron chi connectivity index (χ0n) is 4.35. The first-order valence-electron chi connectivity index (χ1n) is 2.20. The molecule has 1 atom stereocenters. The molecule has 0 rings (SSSR count). The Morgan fingerprint density at radius 2 is 2.57 bits per heavy atom. The Morgan fingerprint density at radius 1 is 2.00 bits per heavy atom. The van der Waals surface area contributed by atoms with Crippen LogP contribution in [0.2, 0.25) is 0 Å². The second-order valence-corrected chi connectivity index (χ2v) is 1.52. The van der Waals surface area contributed by atoms with Crippen LogP contribution in [0.1, 0.15) is 13.3 Å². The molecular formula is C6H8O. The van der Waals surface area contributed by atoms with Crippen LogP contribution in [-0.2, 0) is 4.79 Å². The maximum Gasteiger partial charge on any atom is 0.123 e. The summed E-state index contributed by atoms with van der Waals surface area (Å²) in [6.07, 6.45) is 6.32. The lowest BCUT2D eigenvalue weighted by Gasteiger charge is -1.89. The predicted molar refractivity (Wildman–Crippen MR) is 28.7 cm³/mol. The van der Waals surface area contributed by atoms with E-state index < -0.39 is 0 Å². The van der Waals surface area contributed by atoms with Crippen molar-refractivity contribution >= 4 is 6.29 Å². The Morgan fingerprint density at radius 3 is 2.71 bits per heavy atom. The van der Waals surface area contributed by atoms with Gasteiger partial charge >= 0.3 is 0 Å². The average molecular weight is 96.1 g/mol. The van der Waals surface area contributed by atoms with Crippen LogP contribution in [-0.4, -0.2) is 6.29 Å². The van der Waals surface area contributed by atoms with Gasteiger partial charge in [0.1, 0.15) is 6.29 Å². The largest absolute Gasteiger partial charge is 0.303 e. The van der Waals surface area contributed by atoms with Crippen molar-refractivity contribution in [2.24, 2.45) is 5.92 Å². The molecule has 0 heterocycles. The monoisotopic (exact) mass is 96.1 g/mol. The van der Waals surface area contributed by atoms with E-state index in [-0.39, 0.29) is 5.92 Å². The standard InChI is InChI=1S/C6H8O/c1-3-4-6(2)5-7/h1,5-6H,4H2,2H3. The maximum absolute atomic E-state index is 9.80. The molecule has 0 radical (unpaired) electrons. The average Bonchev–Trinajstić information content (AvgIpc) is 1.68. The molecule has 1 unspecified atom stereocenters. The molecule has 0 aromatic carbocycles. The van der Waals surface area contributed by atoms with Crippen LogP contribution < -0.4 is 0 Å². The van der Waals surface area contributed by atoms with E-state index in [4.69, 9.17) is 6.42 Å². The molecule has 0 aliphatic carbocycles. The fraction of sp³-hybridized carbons (Fsp3) is 0.500. The Kier molecular flexibility index (Phi) is 3.04. The highest BCUT2D eigenvalue weighted by molar-refractivity contribution is 5.53. The molecule has 0 N–H and O–H groups in total. The van der Waals surface area contributed by atoms with Crippen molar-refractivity contribution in [2.45, 2.75) is 13.3 Å². The second kappa shape index (κ2) is 3.42. The van der Waals surface area contributed by atoms with Crippen molar-refractivity contribution in [1.29, 1.82) is 0 Å². The van der Waals surface area contributed by atoms with Gasteiger partial charge in [0, 0.05) is 12.3 Å². The minimum absolute atomic E-state index is 0.0324. The van der Waals surface area contributed by atoms with Gasteiger partial charge in [0.05, 0.1) is 0 Å². The molecule has 0 amide bonds. The van der Waals surface area contributed by atoms with Gasteiger partial charge in [0.2, 0.25) is 0 Å². The number of aldehydes is 1. The third kappa shape index (κ3) is 3.05. The first kappa shape index (κ1) is 6.23. The molecule has 0 aromatic rings. The number of hydrogen-bond acceptors (Lipinski definition) is 1. The summed E-state index contributed by atoms with van der Waals surface area (Å²) >= 11 is 0. The number of carbonyl (C=O) groups is 1. The van der Waals surface area contributed by atoms with Crippen LogP contribution in [0.4, 0.5) is 0 Å². The summed E-state index contributed by atoms with van der Waals surface area (Å²) in [4.78, 5) is 9.80. The molecule has 0 aliphatic rings. The number of terminal acetylenes is 1. The lowest BCUT2D eigenvalue weighted by Crippen LogP contribution is -1.91. The molecule has 0 fully saturated rings. The highest BCUT2D eigenvalue weighted by Crippen LogP contribution is 1.92. The predicted octanol–water partition coefficient (Wildman–Crippen LogP) is 0.845. The first-order valence-corrected chi connectivity index (χ1v) is 2.20. The number of rotatable bonds is 2. The number of carbonyl (C=O) groups excluding carboxylic acids is 1. The summed E-state index contributed by atoms with van der Waals surface area (Å²) in [6, 6.07) is 0. The molecule has 0 spiro atoms. The Hall–Kier alpha value is -0.770. The van der Waals surface area contributed by atoms with E-state index in [0.29, 0.717) is 6.42 Å². The first-order chi connectivity index (χ1) is 3.31. The molecular weight excluding hydrogens is 88.1 g/mol. The van der Waals surface area contributed by atoms with Crippen LogP contribution in [0.25, 0.3) is 0 Å². The minimum atomic E-state index is 0.0324. The van der Waals surface area contributed by atoms with Gasteiger partial charge in [-0.3, -0.25) is 0 Å². The van der Waals surface area contributed by atoms with Gasteiger partial charge < -0.3 is 4.79 Å². The lowest BCUT2D eigenvalue weighted by molar-refractivity contribution is -0.110. The van der Waals surface area contributed by atoms with Crippen LogP contribution in [0.15, 0.2) is 0 Å². The molecule has 0 aliphatic heterocycles. The van der Waals surface area contributed by atoms with Crippen molar-refractivity contribution in [3.05, 3.63) is 0 Å². The van der Waals surface area contributed by atoms with E-state index in [1.807, 2.05) is 0 Å². The highest BCUT2D eigenvalue weighted by Gasteiger charge is 1.91. The molecule has 0 saturated carbocycles. The Bertz CT molecular complexity index is 88.8. The van der Waals surface area contributed by atoms with Crippen molar-refractivity contribution in [3.8, 4) is 12.3 Å². The van der Waals surface area contributed by atoms with Gasteiger partial charge in [0.25, 0.3) is 0 Å². The van der Waals surface area contributed by atoms with E-state index in [9.17, 15) is 4.79 Å². The van der Waals surface area contributed by atoms with E-state index in [1.165, 1.54) is 0 Å². The SMILES string of the molecule is C#CCC(C)C=O. The normalized spacial score (nSPS) is 12.0. The molecule has 0 saturated heterocycles. The number of hydrogen-bond donors (Lipinski definition) is 0. The Balaban J connectivity index is 3.21. The van der Waals surface area contributed by atoms with Crippen molar-refractivity contribution in [1.82, 2.24) is 0 Å². The van der Waals surface area contributed by atoms with Gasteiger partial charge in [-0.25, -0.2) is 0 Å². The van der Waals surface area contributed by atoms with E-state index in [2.05, 4.69) is 5.92 Å². The molecule has 0 bridgehead atoms. The molecule has 38 valence electrons. The van der Waals surface area contributed by atoms with Gasteiger partial charge in [0.15, 0.2) is 0 Å². The van der Waals surface area contributed by atoms with Crippen LogP contribution >= 0.6 is 0 Å². The van der Waals surface area contributed by atoms with Crippen LogP contribution in [0, 0.1) is 18.3 Å². The maximum atomic E-state index is 9.80. The van der Waals surface area contributed by atoms with E-state index in [0.717, 1.165) is 6.29 Å². The van der Waals surface area contributed by atoms with Crippen molar-refractivity contribution < 1.29 is 4.79 Å². The van der Waals surface area contributed by atoms with Gasteiger partial charge in [-0.1, -0.05) is 6.92 Å². The summed E-state index contributed by atoms with van der Waals surface area (Å²) in [7, 11) is 0. The summed E-state index contributed by atoms with van der Waals surface area (Å²) < 4.78 is 0. The molecule has 1 heteroatoms. The van der Waals surface area contributed by atoms with Gasteiger partial charge in [-0.05, 0) is 0 Å². The van der Waals surface area contributed by atoms with Crippen LogP contribution in [0.3, 0.4) is 0 Å². The quantitative estimate of drug-likeness (QED) is 0.368. The van der Waals surface area contributed by atoms with Crippen LogP contribution in [0.5, 0.6) is 0 Å². The summed E-state index contributed by atoms with van der Waals surface area (Å²) in [5.41, 5.74) is 0. The van der Waals surface area contributed by atoms with Crippen molar-refractivity contribution in [3.63, 3.8) is 0 Å². The molecule has 0 aromatic heterocycles. The second-order valence-electron chi connectivity index (χ2n) is 1.52. The molecule has 1 nitrogen and oxygen atoms in total. The lowest BCUT2D eigenvalue weighted by atomic mass is 10.1.